The first-order valence-corrected chi connectivity index (χ1v) is 20.0. The molecule has 4 atom stereocenters. The zero-order valence-corrected chi connectivity index (χ0v) is 33.6. The number of benzene rings is 3. The van der Waals surface area contributed by atoms with E-state index in [0.717, 1.165) is 16.7 Å². The standard InChI is InChI=1S/C41H51N10O4P/c1-28(2)51(29(3)4)56(53-24-16-23-42)54-26-34-33(25-35(55-34)50-27-44-36-37(50)45-40(46-38(36)52)47-39(43)49(5)6)48-41(30-17-10-7-11-18-30,31-19-12-8-13-20-31)32-21-14-9-15-22-32/h7-15,17-22,27-29,33-35,48H,16,24-26H2,1-6H3,(H3,43,45,46,47,52)/t33-,34+,35+,56?/m0/s1. The SMILES string of the molecule is CC(C)N(C(C)C)P(OCCC#N)OC[C@H]1O[C@@H](n2cnc3c(=O)[nH]c(/N=C(/N)N(C)C)nc32)C[C@@H]1NC(c1ccccc1)(c1ccccc1)c1ccccc1. The summed E-state index contributed by atoms with van der Waals surface area (Å²) in [6, 6.07) is 33.3. The van der Waals surface area contributed by atoms with Gasteiger partial charge >= 0.3 is 0 Å². The normalized spacial score (nSPS) is 18.2. The monoisotopic (exact) mass is 778 g/mol. The zero-order valence-electron chi connectivity index (χ0n) is 32.7. The minimum absolute atomic E-state index is 0.0573. The highest BCUT2D eigenvalue weighted by molar-refractivity contribution is 7.44. The third kappa shape index (κ3) is 8.84. The molecule has 1 fully saturated rings. The maximum atomic E-state index is 13.2. The smallest absolute Gasteiger partial charge is 0.280 e. The summed E-state index contributed by atoms with van der Waals surface area (Å²) in [5.41, 5.74) is 8.47. The van der Waals surface area contributed by atoms with Gasteiger partial charge in [0.1, 0.15) is 6.23 Å². The Labute approximate surface area is 329 Å². The van der Waals surface area contributed by atoms with E-state index in [9.17, 15) is 10.1 Å². The molecule has 0 amide bonds. The third-order valence-corrected chi connectivity index (χ3v) is 11.8. The van der Waals surface area contributed by atoms with Crippen LogP contribution in [0.5, 0.6) is 0 Å². The predicted octanol–water partition coefficient (Wildman–Crippen LogP) is 6.16. The maximum Gasteiger partial charge on any atom is 0.280 e. The van der Waals surface area contributed by atoms with Gasteiger partial charge < -0.3 is 24.4 Å². The summed E-state index contributed by atoms with van der Waals surface area (Å²) in [7, 11) is 1.95. The Hall–Kier alpha value is -5.00. The van der Waals surface area contributed by atoms with E-state index in [1.54, 1.807) is 29.9 Å². The Morgan fingerprint density at radius 3 is 2.11 bits per heavy atom. The van der Waals surface area contributed by atoms with Gasteiger partial charge in [-0.3, -0.25) is 19.7 Å². The Bertz CT molecular complexity index is 2050. The van der Waals surface area contributed by atoms with Crippen LogP contribution in [0.2, 0.25) is 0 Å². The van der Waals surface area contributed by atoms with Crippen molar-refractivity contribution < 1.29 is 13.8 Å². The molecule has 3 aromatic carbocycles. The number of nitrogens with two attached hydrogens (primary N) is 1. The molecule has 0 spiro atoms. The number of ether oxygens (including phenoxy) is 1. The lowest BCUT2D eigenvalue weighted by Gasteiger charge is -2.40. The summed E-state index contributed by atoms with van der Waals surface area (Å²) in [4.78, 5) is 31.0. The van der Waals surface area contributed by atoms with E-state index in [1.807, 2.05) is 54.6 Å². The number of guanidine groups is 1. The van der Waals surface area contributed by atoms with Gasteiger partial charge in [0.25, 0.3) is 14.1 Å². The van der Waals surface area contributed by atoms with Crippen molar-refractivity contribution in [3.63, 3.8) is 0 Å². The lowest BCUT2D eigenvalue weighted by atomic mass is 9.76. The van der Waals surface area contributed by atoms with Gasteiger partial charge in [0, 0.05) is 38.6 Å². The predicted molar refractivity (Wildman–Crippen MR) is 219 cm³/mol. The highest BCUT2D eigenvalue weighted by atomic mass is 31.2. The molecule has 5 aromatic rings. The molecule has 1 aliphatic rings. The Balaban J connectivity index is 1.45. The number of aromatic nitrogens is 4. The number of H-pyrrole nitrogens is 1. The molecule has 6 rings (SSSR count). The fourth-order valence-corrected chi connectivity index (χ4v) is 8.75. The Morgan fingerprint density at radius 2 is 1.59 bits per heavy atom. The van der Waals surface area contributed by atoms with Crippen molar-refractivity contribution in [1.82, 2.24) is 34.4 Å². The van der Waals surface area contributed by atoms with Crippen molar-refractivity contribution in [2.75, 3.05) is 27.3 Å². The van der Waals surface area contributed by atoms with Crippen LogP contribution in [0.3, 0.4) is 0 Å². The van der Waals surface area contributed by atoms with Crippen LogP contribution in [0.4, 0.5) is 5.95 Å². The summed E-state index contributed by atoms with van der Waals surface area (Å²) in [6.07, 6.45) is 1.18. The molecule has 294 valence electrons. The summed E-state index contributed by atoms with van der Waals surface area (Å²) < 4.78 is 24.0. The van der Waals surface area contributed by atoms with E-state index < -0.39 is 32.0 Å². The zero-order chi connectivity index (χ0) is 39.8. The second kappa shape index (κ2) is 18.3. The van der Waals surface area contributed by atoms with Crippen molar-refractivity contribution in [2.24, 2.45) is 10.7 Å². The van der Waals surface area contributed by atoms with E-state index in [-0.39, 0.29) is 55.2 Å². The quantitative estimate of drug-likeness (QED) is 0.0345. The van der Waals surface area contributed by atoms with Gasteiger partial charge in [-0.05, 0) is 44.4 Å². The van der Waals surface area contributed by atoms with E-state index in [1.165, 1.54) is 0 Å². The average molecular weight is 779 g/mol. The van der Waals surface area contributed by atoms with Gasteiger partial charge in [-0.15, -0.1) is 0 Å². The number of fused-ring (bicyclic) bond motifs is 1. The van der Waals surface area contributed by atoms with Gasteiger partial charge in [0.2, 0.25) is 5.95 Å². The summed E-state index contributed by atoms with van der Waals surface area (Å²) >= 11 is 0. The van der Waals surface area contributed by atoms with Crippen molar-refractivity contribution in [1.29, 1.82) is 5.26 Å². The molecular weight excluding hydrogens is 727 g/mol. The molecule has 4 N–H and O–H groups in total. The minimum atomic E-state index is -1.56. The van der Waals surface area contributed by atoms with E-state index in [4.69, 9.17) is 19.5 Å². The molecule has 2 aromatic heterocycles. The van der Waals surface area contributed by atoms with Gasteiger partial charge in [-0.25, -0.2) is 9.65 Å². The molecule has 0 saturated carbocycles. The molecular formula is C41H51N10O4P. The van der Waals surface area contributed by atoms with Crippen LogP contribution < -0.4 is 16.6 Å². The second-order valence-electron chi connectivity index (χ2n) is 14.4. The largest absolute Gasteiger partial charge is 0.369 e. The molecule has 0 aliphatic carbocycles. The van der Waals surface area contributed by atoms with E-state index in [2.05, 4.69) is 100 Å². The number of imidazole rings is 1. The molecule has 1 aliphatic heterocycles. The van der Waals surface area contributed by atoms with Gasteiger partial charge in [-0.2, -0.15) is 15.2 Å². The number of aliphatic imine (C=N–C) groups is 1. The number of hydrogen-bond acceptors (Lipinski definition) is 10. The number of aromatic amines is 1. The van der Waals surface area contributed by atoms with Crippen LogP contribution in [0, 0.1) is 11.3 Å². The van der Waals surface area contributed by atoms with E-state index >= 15 is 0 Å². The van der Waals surface area contributed by atoms with Crippen molar-refractivity contribution in [3.05, 3.63) is 124 Å². The highest BCUT2D eigenvalue weighted by Gasteiger charge is 2.45. The first-order valence-electron chi connectivity index (χ1n) is 18.8. The number of rotatable bonds is 16. The van der Waals surface area contributed by atoms with Crippen LogP contribution in [0.15, 0.2) is 107 Å². The molecule has 14 nitrogen and oxygen atoms in total. The van der Waals surface area contributed by atoms with Crippen LogP contribution >= 0.6 is 8.53 Å². The number of nitrogens with zero attached hydrogens (tertiary/aromatic N) is 7. The van der Waals surface area contributed by atoms with Crippen LogP contribution in [0.25, 0.3) is 11.2 Å². The number of nitriles is 1. The second-order valence-corrected chi connectivity index (χ2v) is 15.8. The van der Waals surface area contributed by atoms with Crippen molar-refractivity contribution in [3.8, 4) is 6.07 Å². The summed E-state index contributed by atoms with van der Waals surface area (Å²) in [6.45, 7) is 8.85. The summed E-state index contributed by atoms with van der Waals surface area (Å²) in [5.74, 6) is 0.239. The van der Waals surface area contributed by atoms with Crippen molar-refractivity contribution >= 4 is 31.6 Å². The molecule has 0 bridgehead atoms. The van der Waals surface area contributed by atoms with Crippen LogP contribution in [0.1, 0.15) is 63.5 Å². The summed E-state index contributed by atoms with van der Waals surface area (Å²) in [5, 5.41) is 13.4. The molecule has 1 saturated heterocycles. The maximum absolute atomic E-state index is 13.2. The molecule has 15 heteroatoms. The Morgan fingerprint density at radius 1 is 1.02 bits per heavy atom. The topological polar surface area (TPSA) is 172 Å². The van der Waals surface area contributed by atoms with Gasteiger partial charge in [0.15, 0.2) is 17.1 Å². The van der Waals surface area contributed by atoms with E-state index in [0.29, 0.717) is 12.1 Å². The average Bonchev–Trinajstić information content (AvgIpc) is 3.80. The lowest BCUT2D eigenvalue weighted by molar-refractivity contribution is -0.0242. The van der Waals surface area contributed by atoms with Gasteiger partial charge in [0.05, 0.1) is 43.7 Å². The highest BCUT2D eigenvalue weighted by Crippen LogP contribution is 2.47. The lowest BCUT2D eigenvalue weighted by Crippen LogP contribution is -2.53. The molecule has 3 heterocycles. The third-order valence-electron chi connectivity index (χ3n) is 9.68. The van der Waals surface area contributed by atoms with Crippen LogP contribution in [-0.2, 0) is 19.3 Å². The minimum Gasteiger partial charge on any atom is -0.369 e. The number of hydrogen-bond donors (Lipinski definition) is 3. The molecule has 56 heavy (non-hydrogen) atoms. The number of nitrogens with one attached hydrogen (secondary N) is 2. The van der Waals surface area contributed by atoms with Crippen LogP contribution in [-0.4, -0.2) is 86.6 Å². The fourth-order valence-electron chi connectivity index (χ4n) is 7.14. The molecule has 0 radical (unpaired) electrons. The van der Waals surface area contributed by atoms with Crippen molar-refractivity contribution in [2.45, 2.75) is 76.5 Å². The first-order chi connectivity index (χ1) is 27.0. The fraction of sp³-hybridized carbons (Fsp3) is 0.390. The first kappa shape index (κ1) is 40.7. The molecule has 1 unspecified atom stereocenters. The Kier molecular flexibility index (Phi) is 13.3. The van der Waals surface area contributed by atoms with Gasteiger partial charge in [-0.1, -0.05) is 91.0 Å².